The fourth-order valence-electron chi connectivity index (χ4n) is 1.44. The third kappa shape index (κ3) is 3.48. The first kappa shape index (κ1) is 15.0. The Morgan fingerprint density at radius 1 is 1.50 bits per heavy atom. The van der Waals surface area contributed by atoms with Crippen LogP contribution in [0.5, 0.6) is 5.75 Å². The van der Waals surface area contributed by atoms with E-state index in [4.69, 9.17) is 16.3 Å². The van der Waals surface area contributed by atoms with Gasteiger partial charge in [-0.15, -0.1) is 6.58 Å². The van der Waals surface area contributed by atoms with E-state index in [1.165, 1.54) is 12.1 Å². The number of nitrogens with one attached hydrogen (secondary N) is 1. The number of sulfonamides is 1. The van der Waals surface area contributed by atoms with Gasteiger partial charge in [0.1, 0.15) is 5.75 Å². The summed E-state index contributed by atoms with van der Waals surface area (Å²) in [6, 6.07) is 3.02. The van der Waals surface area contributed by atoms with Gasteiger partial charge in [0.25, 0.3) is 0 Å². The van der Waals surface area contributed by atoms with Crippen LogP contribution in [0.4, 0.5) is 0 Å². The highest BCUT2D eigenvalue weighted by atomic mass is 35.5. The summed E-state index contributed by atoms with van der Waals surface area (Å²) in [4.78, 5) is 0.151. The lowest BCUT2D eigenvalue weighted by Crippen LogP contribution is -2.24. The fourth-order valence-corrected chi connectivity index (χ4v) is 2.97. The predicted molar refractivity (Wildman–Crippen MR) is 72.7 cm³/mol. The number of hydrogen-bond donors (Lipinski definition) is 1. The third-order valence-corrected chi connectivity index (χ3v) is 4.10. The van der Waals surface area contributed by atoms with Crippen molar-refractivity contribution in [2.24, 2.45) is 0 Å². The standard InChI is InChI=1S/C12H16ClNO3S/c1-4-6-14-18(15,16)12-8-10(13)11(17-5-2)7-9(12)3/h4,7-8,14H,1,5-6H2,2-3H3. The molecular weight excluding hydrogens is 274 g/mol. The van der Waals surface area contributed by atoms with Crippen LogP contribution < -0.4 is 9.46 Å². The van der Waals surface area contributed by atoms with Crippen LogP contribution in [0.1, 0.15) is 12.5 Å². The lowest BCUT2D eigenvalue weighted by Gasteiger charge is -2.12. The minimum absolute atomic E-state index is 0.151. The monoisotopic (exact) mass is 289 g/mol. The van der Waals surface area contributed by atoms with Crippen molar-refractivity contribution in [1.82, 2.24) is 4.72 Å². The van der Waals surface area contributed by atoms with Gasteiger partial charge in [0.2, 0.25) is 10.0 Å². The van der Waals surface area contributed by atoms with Crippen LogP contribution in [0.2, 0.25) is 5.02 Å². The summed E-state index contributed by atoms with van der Waals surface area (Å²) in [5, 5.41) is 0.279. The van der Waals surface area contributed by atoms with Crippen molar-refractivity contribution in [1.29, 1.82) is 0 Å². The van der Waals surface area contributed by atoms with Crippen LogP contribution in [0, 0.1) is 6.92 Å². The topological polar surface area (TPSA) is 55.4 Å². The number of benzene rings is 1. The van der Waals surface area contributed by atoms with E-state index in [9.17, 15) is 8.42 Å². The van der Waals surface area contributed by atoms with Crippen molar-refractivity contribution in [3.63, 3.8) is 0 Å². The van der Waals surface area contributed by atoms with Crippen molar-refractivity contribution >= 4 is 21.6 Å². The van der Waals surface area contributed by atoms with Crippen LogP contribution >= 0.6 is 11.6 Å². The number of hydrogen-bond acceptors (Lipinski definition) is 3. The first-order valence-corrected chi connectivity index (χ1v) is 7.32. The van der Waals surface area contributed by atoms with Crippen LogP contribution in [0.3, 0.4) is 0 Å². The van der Waals surface area contributed by atoms with E-state index in [1.54, 1.807) is 13.0 Å². The SMILES string of the molecule is C=CCNS(=O)(=O)c1cc(Cl)c(OCC)cc1C. The molecule has 4 nitrogen and oxygen atoms in total. The number of rotatable bonds is 6. The Hall–Kier alpha value is -1.04. The molecule has 0 aliphatic carbocycles. The summed E-state index contributed by atoms with van der Waals surface area (Å²) >= 11 is 5.98. The van der Waals surface area contributed by atoms with Gasteiger partial charge in [-0.3, -0.25) is 0 Å². The van der Waals surface area contributed by atoms with E-state index in [0.717, 1.165) is 0 Å². The van der Waals surface area contributed by atoms with Gasteiger partial charge in [-0.1, -0.05) is 17.7 Å². The molecule has 0 atom stereocenters. The lowest BCUT2D eigenvalue weighted by molar-refractivity contribution is 0.340. The highest BCUT2D eigenvalue weighted by molar-refractivity contribution is 7.89. The first-order valence-electron chi connectivity index (χ1n) is 5.46. The zero-order chi connectivity index (χ0) is 13.8. The molecule has 0 heterocycles. The average molecular weight is 290 g/mol. The summed E-state index contributed by atoms with van der Waals surface area (Å²) in [5.41, 5.74) is 0.583. The van der Waals surface area contributed by atoms with Gasteiger partial charge in [-0.05, 0) is 31.5 Å². The smallest absolute Gasteiger partial charge is 0.241 e. The molecule has 0 amide bonds. The van der Waals surface area contributed by atoms with Crippen molar-refractivity contribution in [2.75, 3.05) is 13.2 Å². The molecule has 0 saturated carbocycles. The molecule has 6 heteroatoms. The van der Waals surface area contributed by atoms with Gasteiger partial charge in [0.15, 0.2) is 0 Å². The minimum atomic E-state index is -3.57. The van der Waals surface area contributed by atoms with E-state index < -0.39 is 10.0 Å². The largest absolute Gasteiger partial charge is 0.492 e. The van der Waals surface area contributed by atoms with E-state index in [1.807, 2.05) is 6.92 Å². The Morgan fingerprint density at radius 2 is 2.17 bits per heavy atom. The molecule has 0 aromatic heterocycles. The number of aryl methyl sites for hydroxylation is 1. The second kappa shape index (κ2) is 6.22. The first-order chi connectivity index (χ1) is 8.42. The van der Waals surface area contributed by atoms with E-state index in [-0.39, 0.29) is 16.5 Å². The second-order valence-corrected chi connectivity index (χ2v) is 5.76. The molecule has 0 unspecified atom stereocenters. The molecule has 18 heavy (non-hydrogen) atoms. The van der Waals surface area contributed by atoms with Crippen molar-refractivity contribution in [2.45, 2.75) is 18.7 Å². The quantitative estimate of drug-likeness (QED) is 0.819. The molecule has 0 bridgehead atoms. The molecular formula is C12H16ClNO3S. The van der Waals surface area contributed by atoms with Crippen LogP contribution in [0.25, 0.3) is 0 Å². The summed E-state index contributed by atoms with van der Waals surface area (Å²) in [5.74, 6) is 0.485. The normalized spacial score (nSPS) is 11.3. The van der Waals surface area contributed by atoms with Crippen LogP contribution in [0.15, 0.2) is 29.7 Å². The third-order valence-electron chi connectivity index (χ3n) is 2.24. The zero-order valence-corrected chi connectivity index (χ0v) is 11.9. The van der Waals surface area contributed by atoms with Crippen molar-refractivity contribution in [3.05, 3.63) is 35.4 Å². The molecule has 0 saturated heterocycles. The van der Waals surface area contributed by atoms with E-state index in [0.29, 0.717) is 17.9 Å². The molecule has 1 N–H and O–H groups in total. The Balaban J connectivity index is 3.18. The molecule has 1 rings (SSSR count). The summed E-state index contributed by atoms with van der Waals surface area (Å²) < 4.78 is 31.7. The maximum absolute atomic E-state index is 12.0. The van der Waals surface area contributed by atoms with Gasteiger partial charge in [0, 0.05) is 6.54 Å². The number of ether oxygens (including phenoxy) is 1. The van der Waals surface area contributed by atoms with Gasteiger partial charge in [0.05, 0.1) is 16.5 Å². The Kier molecular flexibility index (Phi) is 5.19. The maximum atomic E-state index is 12.0. The minimum Gasteiger partial charge on any atom is -0.492 e. The summed E-state index contributed by atoms with van der Waals surface area (Å²) in [6.45, 7) is 7.64. The highest BCUT2D eigenvalue weighted by Gasteiger charge is 2.18. The molecule has 0 spiro atoms. The Labute approximate surface area is 113 Å². The molecule has 0 fully saturated rings. The van der Waals surface area contributed by atoms with Gasteiger partial charge in [-0.25, -0.2) is 13.1 Å². The van der Waals surface area contributed by atoms with E-state index >= 15 is 0 Å². The maximum Gasteiger partial charge on any atom is 0.241 e. The highest BCUT2D eigenvalue weighted by Crippen LogP contribution is 2.30. The summed E-state index contributed by atoms with van der Waals surface area (Å²) in [7, 11) is -3.57. The molecule has 1 aromatic carbocycles. The van der Waals surface area contributed by atoms with Gasteiger partial charge < -0.3 is 4.74 Å². The number of halogens is 1. The molecule has 100 valence electrons. The fraction of sp³-hybridized carbons (Fsp3) is 0.333. The van der Waals surface area contributed by atoms with E-state index in [2.05, 4.69) is 11.3 Å². The molecule has 0 radical (unpaired) electrons. The average Bonchev–Trinajstić information content (AvgIpc) is 2.31. The van der Waals surface area contributed by atoms with Crippen molar-refractivity contribution < 1.29 is 13.2 Å². The Bertz CT molecular complexity index is 540. The second-order valence-electron chi connectivity index (χ2n) is 3.62. The molecule has 0 aliphatic rings. The molecule has 1 aromatic rings. The lowest BCUT2D eigenvalue weighted by atomic mass is 10.2. The van der Waals surface area contributed by atoms with Crippen LogP contribution in [-0.4, -0.2) is 21.6 Å². The zero-order valence-electron chi connectivity index (χ0n) is 10.4. The van der Waals surface area contributed by atoms with Crippen LogP contribution in [-0.2, 0) is 10.0 Å². The predicted octanol–water partition coefficient (Wildman–Crippen LogP) is 2.51. The molecule has 0 aliphatic heterocycles. The van der Waals surface area contributed by atoms with Gasteiger partial charge >= 0.3 is 0 Å². The summed E-state index contributed by atoms with van der Waals surface area (Å²) in [6.07, 6.45) is 1.48. The van der Waals surface area contributed by atoms with Gasteiger partial charge in [-0.2, -0.15) is 0 Å². The van der Waals surface area contributed by atoms with Crippen molar-refractivity contribution in [3.8, 4) is 5.75 Å². The Morgan fingerprint density at radius 3 is 2.72 bits per heavy atom.